The first-order valence-electron chi connectivity index (χ1n) is 7.34. The van der Waals surface area contributed by atoms with Gasteiger partial charge in [-0.05, 0) is 38.6 Å². The first-order chi connectivity index (χ1) is 8.60. The van der Waals surface area contributed by atoms with E-state index in [0.29, 0.717) is 5.92 Å². The lowest BCUT2D eigenvalue weighted by atomic mass is 10.0. The highest BCUT2D eigenvalue weighted by atomic mass is 32.2. The lowest BCUT2D eigenvalue weighted by Crippen LogP contribution is -2.47. The van der Waals surface area contributed by atoms with E-state index in [4.69, 9.17) is 0 Å². The average molecular weight is 272 g/mol. The molecule has 0 aromatic heterocycles. The molecule has 2 saturated heterocycles. The summed E-state index contributed by atoms with van der Waals surface area (Å²) >= 11 is 0. The van der Waals surface area contributed by atoms with Gasteiger partial charge in [0.05, 0.1) is 5.25 Å². The van der Waals surface area contributed by atoms with E-state index in [9.17, 15) is 8.42 Å². The fraction of sp³-hybridized carbons (Fsp3) is 1.00. The van der Waals surface area contributed by atoms with Crippen LogP contribution >= 0.6 is 0 Å². The Balaban J connectivity index is 1.83. The Labute approximate surface area is 110 Å². The second-order valence-electron chi connectivity index (χ2n) is 6.21. The standard InChI is InChI=1S/C13H24N2O2S/c1-10-7-11-8-14-9-13(11)15(10)18(16,17)12-5-3-2-4-6-12/h10-14H,2-9H2,1H3. The fourth-order valence-corrected chi connectivity index (χ4v) is 6.59. The first kappa shape index (κ1) is 12.9. The normalized spacial score (nSPS) is 39.1. The molecule has 3 unspecified atom stereocenters. The minimum atomic E-state index is -3.07. The molecule has 0 radical (unpaired) electrons. The number of nitrogens with one attached hydrogen (secondary N) is 1. The van der Waals surface area contributed by atoms with Gasteiger partial charge in [-0.3, -0.25) is 0 Å². The number of fused-ring (bicyclic) bond motifs is 1. The van der Waals surface area contributed by atoms with Crippen LogP contribution in [0.1, 0.15) is 45.4 Å². The van der Waals surface area contributed by atoms with Crippen molar-refractivity contribution in [2.24, 2.45) is 5.92 Å². The predicted octanol–water partition coefficient (Wildman–Crippen LogP) is 1.33. The maximum atomic E-state index is 12.8. The quantitative estimate of drug-likeness (QED) is 0.825. The summed E-state index contributed by atoms with van der Waals surface area (Å²) in [5, 5.41) is 3.24. The topological polar surface area (TPSA) is 49.4 Å². The molecule has 2 aliphatic heterocycles. The minimum Gasteiger partial charge on any atom is -0.315 e. The smallest absolute Gasteiger partial charge is 0.217 e. The van der Waals surface area contributed by atoms with Gasteiger partial charge in [0, 0.05) is 18.6 Å². The molecule has 5 heteroatoms. The second-order valence-corrected chi connectivity index (χ2v) is 8.32. The maximum Gasteiger partial charge on any atom is 0.217 e. The van der Waals surface area contributed by atoms with Crippen LogP contribution in [-0.4, -0.2) is 43.1 Å². The zero-order chi connectivity index (χ0) is 12.8. The minimum absolute atomic E-state index is 0.104. The zero-order valence-electron chi connectivity index (χ0n) is 11.1. The Kier molecular flexibility index (Phi) is 3.41. The van der Waals surface area contributed by atoms with Crippen molar-refractivity contribution < 1.29 is 8.42 Å². The third kappa shape index (κ3) is 2.00. The summed E-state index contributed by atoms with van der Waals surface area (Å²) in [6.45, 7) is 3.92. The number of nitrogens with zero attached hydrogens (tertiary/aromatic N) is 1. The van der Waals surface area contributed by atoms with E-state index in [-0.39, 0.29) is 17.3 Å². The van der Waals surface area contributed by atoms with Gasteiger partial charge in [-0.15, -0.1) is 0 Å². The Morgan fingerprint density at radius 3 is 2.56 bits per heavy atom. The summed E-state index contributed by atoms with van der Waals surface area (Å²) in [5.41, 5.74) is 0. The van der Waals surface area contributed by atoms with Gasteiger partial charge >= 0.3 is 0 Å². The molecule has 18 heavy (non-hydrogen) atoms. The van der Waals surface area contributed by atoms with E-state index in [1.807, 2.05) is 4.31 Å². The van der Waals surface area contributed by atoms with Gasteiger partial charge in [0.25, 0.3) is 0 Å². The van der Waals surface area contributed by atoms with Gasteiger partial charge in [-0.1, -0.05) is 19.3 Å². The predicted molar refractivity (Wildman–Crippen MR) is 71.9 cm³/mol. The summed E-state index contributed by atoms with van der Waals surface area (Å²) in [4.78, 5) is 0. The van der Waals surface area contributed by atoms with E-state index in [2.05, 4.69) is 12.2 Å². The Morgan fingerprint density at radius 1 is 1.11 bits per heavy atom. The van der Waals surface area contributed by atoms with Crippen LogP contribution in [0, 0.1) is 5.92 Å². The average Bonchev–Trinajstić information content (AvgIpc) is 2.89. The van der Waals surface area contributed by atoms with Crippen molar-refractivity contribution in [3.05, 3.63) is 0 Å². The molecule has 0 aromatic rings. The number of hydrogen-bond acceptors (Lipinski definition) is 3. The van der Waals surface area contributed by atoms with Crippen LogP contribution < -0.4 is 5.32 Å². The largest absolute Gasteiger partial charge is 0.315 e. The summed E-state index contributed by atoms with van der Waals surface area (Å²) in [6, 6.07) is 0.431. The van der Waals surface area contributed by atoms with E-state index in [1.54, 1.807) is 0 Å². The molecule has 0 bridgehead atoms. The van der Waals surface area contributed by atoms with Gasteiger partial charge in [0.1, 0.15) is 0 Å². The van der Waals surface area contributed by atoms with E-state index in [1.165, 1.54) is 6.42 Å². The summed E-state index contributed by atoms with van der Waals surface area (Å²) in [7, 11) is -3.07. The van der Waals surface area contributed by atoms with Crippen molar-refractivity contribution in [3.63, 3.8) is 0 Å². The Hall–Kier alpha value is -0.130. The van der Waals surface area contributed by atoms with Crippen LogP contribution in [-0.2, 0) is 10.0 Å². The summed E-state index contributed by atoms with van der Waals surface area (Å²) in [5.74, 6) is 0.540. The van der Waals surface area contributed by atoms with Crippen molar-refractivity contribution in [2.75, 3.05) is 13.1 Å². The van der Waals surface area contributed by atoms with Crippen molar-refractivity contribution in [3.8, 4) is 0 Å². The molecule has 3 fully saturated rings. The molecule has 3 rings (SSSR count). The van der Waals surface area contributed by atoms with Crippen LogP contribution in [0.4, 0.5) is 0 Å². The highest BCUT2D eigenvalue weighted by molar-refractivity contribution is 7.89. The monoisotopic (exact) mass is 272 g/mol. The molecule has 4 nitrogen and oxygen atoms in total. The zero-order valence-corrected chi connectivity index (χ0v) is 12.0. The molecule has 1 aliphatic carbocycles. The van der Waals surface area contributed by atoms with E-state index < -0.39 is 10.0 Å². The summed E-state index contributed by atoms with van der Waals surface area (Å²) in [6.07, 6.45) is 6.14. The Morgan fingerprint density at radius 2 is 1.83 bits per heavy atom. The van der Waals surface area contributed by atoms with Gasteiger partial charge in [-0.25, -0.2) is 8.42 Å². The number of hydrogen-bond donors (Lipinski definition) is 1. The second kappa shape index (κ2) is 4.76. The van der Waals surface area contributed by atoms with Gasteiger partial charge < -0.3 is 5.32 Å². The lowest BCUT2D eigenvalue weighted by molar-refractivity contribution is 0.323. The van der Waals surface area contributed by atoms with E-state index >= 15 is 0 Å². The molecule has 1 saturated carbocycles. The molecule has 3 atom stereocenters. The van der Waals surface area contributed by atoms with Gasteiger partial charge in [0.2, 0.25) is 10.0 Å². The highest BCUT2D eigenvalue weighted by Crippen LogP contribution is 2.38. The van der Waals surface area contributed by atoms with Crippen molar-refractivity contribution in [1.29, 1.82) is 0 Å². The van der Waals surface area contributed by atoms with Crippen molar-refractivity contribution in [2.45, 2.75) is 62.8 Å². The first-order valence-corrected chi connectivity index (χ1v) is 8.84. The van der Waals surface area contributed by atoms with Crippen LogP contribution in [0.5, 0.6) is 0 Å². The SMILES string of the molecule is CC1CC2CNCC2N1S(=O)(=O)C1CCCCC1. The third-order valence-electron chi connectivity index (χ3n) is 4.98. The van der Waals surface area contributed by atoms with Crippen LogP contribution in [0.3, 0.4) is 0 Å². The lowest BCUT2D eigenvalue weighted by Gasteiger charge is -2.32. The van der Waals surface area contributed by atoms with Gasteiger partial charge in [-0.2, -0.15) is 4.31 Å². The molecule has 1 N–H and O–H groups in total. The molecule has 0 amide bonds. The van der Waals surface area contributed by atoms with E-state index in [0.717, 1.165) is 45.2 Å². The highest BCUT2D eigenvalue weighted by Gasteiger charge is 2.49. The molecule has 0 spiro atoms. The molecular weight excluding hydrogens is 248 g/mol. The third-order valence-corrected chi connectivity index (χ3v) is 7.51. The van der Waals surface area contributed by atoms with Crippen LogP contribution in [0.25, 0.3) is 0 Å². The number of rotatable bonds is 2. The summed E-state index contributed by atoms with van der Waals surface area (Å²) < 4.78 is 27.5. The fourth-order valence-electron chi connectivity index (χ4n) is 4.10. The molecule has 104 valence electrons. The maximum absolute atomic E-state index is 12.8. The Bertz CT molecular complexity index is 403. The van der Waals surface area contributed by atoms with Gasteiger partial charge in [0.15, 0.2) is 0 Å². The molecule has 0 aromatic carbocycles. The molecule has 3 aliphatic rings. The van der Waals surface area contributed by atoms with Crippen molar-refractivity contribution in [1.82, 2.24) is 9.62 Å². The van der Waals surface area contributed by atoms with Crippen LogP contribution in [0.15, 0.2) is 0 Å². The van der Waals surface area contributed by atoms with Crippen LogP contribution in [0.2, 0.25) is 0 Å². The number of sulfonamides is 1. The molecule has 2 heterocycles. The van der Waals surface area contributed by atoms with Crippen molar-refractivity contribution >= 4 is 10.0 Å². The molecular formula is C13H24N2O2S.